The van der Waals surface area contributed by atoms with Crippen molar-refractivity contribution >= 4 is 34.6 Å². The summed E-state index contributed by atoms with van der Waals surface area (Å²) in [5.74, 6) is -0.150. The van der Waals surface area contributed by atoms with E-state index in [4.69, 9.17) is 12.2 Å². The van der Waals surface area contributed by atoms with Crippen LogP contribution in [0.5, 0.6) is 5.75 Å². The number of halogens is 2. The molecule has 0 aliphatic heterocycles. The lowest BCUT2D eigenvalue weighted by molar-refractivity contribution is -0.116. The molecule has 0 heterocycles. The fourth-order valence-electron chi connectivity index (χ4n) is 2.06. The van der Waals surface area contributed by atoms with Crippen LogP contribution in [0.15, 0.2) is 48.5 Å². The molecule has 0 spiro atoms. The Hall–Kier alpha value is -2.74. The van der Waals surface area contributed by atoms with Crippen molar-refractivity contribution in [2.24, 2.45) is 0 Å². The van der Waals surface area contributed by atoms with Crippen LogP contribution in [0.25, 0.3) is 0 Å². The van der Waals surface area contributed by atoms with Crippen molar-refractivity contribution in [3.8, 4) is 5.75 Å². The summed E-state index contributed by atoms with van der Waals surface area (Å²) in [6.07, 6.45) is 0. The summed E-state index contributed by atoms with van der Waals surface area (Å²) in [6, 6.07) is 13.4. The lowest BCUT2D eigenvalue weighted by Gasteiger charge is -2.20. The third kappa shape index (κ3) is 6.29. The van der Waals surface area contributed by atoms with E-state index in [2.05, 4.69) is 15.4 Å². The first-order chi connectivity index (χ1) is 12.3. The quantitative estimate of drug-likeness (QED) is 0.747. The number of aryl methyl sites for hydroxylation is 1. The number of nitrogens with zero attached hydrogens (tertiary/aromatic N) is 1. The summed E-state index contributed by atoms with van der Waals surface area (Å²) in [5, 5.41) is 6.05. The van der Waals surface area contributed by atoms with Gasteiger partial charge in [0, 0.05) is 18.4 Å². The summed E-state index contributed by atoms with van der Waals surface area (Å²) >= 11 is 5.25. The van der Waals surface area contributed by atoms with Gasteiger partial charge in [-0.25, -0.2) is 0 Å². The van der Waals surface area contributed by atoms with Gasteiger partial charge in [0.2, 0.25) is 5.91 Å². The average molecular weight is 379 g/mol. The second-order valence-electron chi connectivity index (χ2n) is 5.60. The van der Waals surface area contributed by atoms with Crippen LogP contribution in [0.4, 0.5) is 20.2 Å². The number of anilines is 2. The van der Waals surface area contributed by atoms with E-state index in [-0.39, 0.29) is 18.2 Å². The van der Waals surface area contributed by atoms with E-state index >= 15 is 0 Å². The number of thiocarbonyl (C=S) groups is 1. The number of ether oxygens (including phenoxy) is 1. The highest BCUT2D eigenvalue weighted by atomic mass is 32.1. The molecule has 5 nitrogen and oxygen atoms in total. The molecule has 0 fully saturated rings. The maximum Gasteiger partial charge on any atom is 0.387 e. The summed E-state index contributed by atoms with van der Waals surface area (Å²) in [6.45, 7) is -0.838. The summed E-state index contributed by atoms with van der Waals surface area (Å²) in [4.78, 5) is 13.7. The first kappa shape index (κ1) is 19.6. The van der Waals surface area contributed by atoms with Crippen molar-refractivity contribution in [1.29, 1.82) is 0 Å². The molecule has 2 N–H and O–H groups in total. The van der Waals surface area contributed by atoms with Crippen LogP contribution >= 0.6 is 12.2 Å². The zero-order valence-electron chi connectivity index (χ0n) is 14.3. The molecule has 0 saturated heterocycles. The monoisotopic (exact) mass is 379 g/mol. The van der Waals surface area contributed by atoms with Gasteiger partial charge in [-0.3, -0.25) is 4.79 Å². The SMILES string of the molecule is Cc1ccc(NC(=O)CN(C)C(=S)Nc2ccc(OC(F)F)cc2)cc1. The van der Waals surface area contributed by atoms with E-state index in [0.29, 0.717) is 16.5 Å². The Morgan fingerprint density at radius 1 is 1.08 bits per heavy atom. The van der Waals surface area contributed by atoms with Crippen molar-refractivity contribution in [3.63, 3.8) is 0 Å². The van der Waals surface area contributed by atoms with Crippen LogP contribution in [0.1, 0.15) is 5.56 Å². The van der Waals surface area contributed by atoms with Gasteiger partial charge in [0.15, 0.2) is 5.11 Å². The number of likely N-dealkylation sites (N-methyl/N-ethyl adjacent to an activating group) is 1. The van der Waals surface area contributed by atoms with E-state index in [0.717, 1.165) is 5.56 Å². The van der Waals surface area contributed by atoms with Crippen molar-refractivity contribution in [2.45, 2.75) is 13.5 Å². The van der Waals surface area contributed by atoms with Gasteiger partial charge in [0.25, 0.3) is 0 Å². The van der Waals surface area contributed by atoms with Gasteiger partial charge in [-0.1, -0.05) is 17.7 Å². The van der Waals surface area contributed by atoms with Gasteiger partial charge in [-0.15, -0.1) is 0 Å². The van der Waals surface area contributed by atoms with E-state index in [9.17, 15) is 13.6 Å². The third-order valence-corrected chi connectivity index (χ3v) is 3.81. The molecule has 0 bridgehead atoms. The molecule has 2 rings (SSSR count). The second-order valence-corrected chi connectivity index (χ2v) is 5.99. The van der Waals surface area contributed by atoms with Crippen molar-refractivity contribution in [3.05, 3.63) is 54.1 Å². The molecule has 0 atom stereocenters. The van der Waals surface area contributed by atoms with Gasteiger partial charge in [0.1, 0.15) is 5.75 Å². The minimum atomic E-state index is -2.87. The second kappa shape index (κ2) is 9.10. The average Bonchev–Trinajstić information content (AvgIpc) is 2.58. The smallest absolute Gasteiger partial charge is 0.387 e. The van der Waals surface area contributed by atoms with Crippen LogP contribution in [0.3, 0.4) is 0 Å². The van der Waals surface area contributed by atoms with E-state index in [1.807, 2.05) is 31.2 Å². The first-order valence-corrected chi connectivity index (χ1v) is 8.18. The number of rotatable bonds is 6. The van der Waals surface area contributed by atoms with Crippen molar-refractivity contribution in [1.82, 2.24) is 4.90 Å². The lowest BCUT2D eigenvalue weighted by atomic mass is 10.2. The Morgan fingerprint density at radius 2 is 1.62 bits per heavy atom. The fourth-order valence-corrected chi connectivity index (χ4v) is 2.25. The number of alkyl halides is 2. The molecule has 8 heteroatoms. The topological polar surface area (TPSA) is 53.6 Å². The standard InChI is InChI=1S/C18H19F2N3O2S/c1-12-3-5-13(6-4-12)21-16(24)11-23(2)18(26)22-14-7-9-15(10-8-14)25-17(19)20/h3-10,17H,11H2,1-2H3,(H,21,24)(H,22,26). The molecule has 0 saturated carbocycles. The normalized spacial score (nSPS) is 10.3. The Bertz CT molecular complexity index is 752. The maximum atomic E-state index is 12.1. The van der Waals surface area contributed by atoms with Crippen LogP contribution in [-0.4, -0.2) is 36.1 Å². The molecular formula is C18H19F2N3O2S. The predicted octanol–water partition coefficient (Wildman–Crippen LogP) is 3.86. The Labute approximate surface area is 156 Å². The molecule has 0 radical (unpaired) electrons. The van der Waals surface area contributed by atoms with E-state index in [1.54, 1.807) is 24.1 Å². The van der Waals surface area contributed by atoms with Gasteiger partial charge < -0.3 is 20.3 Å². The van der Waals surface area contributed by atoms with Gasteiger partial charge in [-0.2, -0.15) is 8.78 Å². The highest BCUT2D eigenvalue weighted by Gasteiger charge is 2.11. The molecule has 138 valence electrons. The number of benzene rings is 2. The molecule has 0 aromatic heterocycles. The number of hydrogen-bond donors (Lipinski definition) is 2. The van der Waals surface area contributed by atoms with Crippen LogP contribution in [-0.2, 0) is 4.79 Å². The largest absolute Gasteiger partial charge is 0.435 e. The highest BCUT2D eigenvalue weighted by Crippen LogP contribution is 2.18. The molecule has 2 aromatic carbocycles. The minimum Gasteiger partial charge on any atom is -0.435 e. The number of carbonyl (C=O) groups is 1. The molecule has 0 unspecified atom stereocenters. The molecule has 26 heavy (non-hydrogen) atoms. The van der Waals surface area contributed by atoms with Gasteiger partial charge in [0.05, 0.1) is 6.54 Å². The van der Waals surface area contributed by atoms with Crippen molar-refractivity contribution in [2.75, 3.05) is 24.2 Å². The van der Waals surface area contributed by atoms with Crippen LogP contribution in [0.2, 0.25) is 0 Å². The minimum absolute atomic E-state index is 0.0577. The number of carbonyl (C=O) groups excluding carboxylic acids is 1. The Morgan fingerprint density at radius 3 is 2.19 bits per heavy atom. The van der Waals surface area contributed by atoms with Crippen LogP contribution < -0.4 is 15.4 Å². The predicted molar refractivity (Wildman–Crippen MR) is 102 cm³/mol. The number of hydrogen-bond acceptors (Lipinski definition) is 3. The fraction of sp³-hybridized carbons (Fsp3) is 0.222. The molecule has 1 amide bonds. The summed E-state index contributed by atoms with van der Waals surface area (Å²) in [7, 11) is 1.68. The zero-order chi connectivity index (χ0) is 19.1. The van der Waals surface area contributed by atoms with E-state index in [1.165, 1.54) is 12.1 Å². The van der Waals surface area contributed by atoms with Crippen molar-refractivity contribution < 1.29 is 18.3 Å². The Balaban J connectivity index is 1.84. The third-order valence-electron chi connectivity index (χ3n) is 3.39. The first-order valence-electron chi connectivity index (χ1n) is 7.77. The molecule has 2 aromatic rings. The number of nitrogens with one attached hydrogen (secondary N) is 2. The molecular weight excluding hydrogens is 360 g/mol. The maximum absolute atomic E-state index is 12.1. The Kier molecular flexibility index (Phi) is 6.85. The van der Waals surface area contributed by atoms with E-state index < -0.39 is 6.61 Å². The lowest BCUT2D eigenvalue weighted by Crippen LogP contribution is -2.37. The highest BCUT2D eigenvalue weighted by molar-refractivity contribution is 7.80. The molecule has 0 aliphatic carbocycles. The summed E-state index contributed by atoms with van der Waals surface area (Å²) < 4.78 is 28.5. The molecule has 0 aliphatic rings. The van der Waals surface area contributed by atoms with Crippen LogP contribution in [0, 0.1) is 6.92 Å². The zero-order valence-corrected chi connectivity index (χ0v) is 15.1. The number of amides is 1. The van der Waals surface area contributed by atoms with Gasteiger partial charge in [-0.05, 0) is 55.5 Å². The summed E-state index contributed by atoms with van der Waals surface area (Å²) in [5.41, 5.74) is 2.42. The van der Waals surface area contributed by atoms with Gasteiger partial charge >= 0.3 is 6.61 Å².